The van der Waals surface area contributed by atoms with Crippen LogP contribution in [0.5, 0.6) is 5.75 Å². The zero-order valence-corrected chi connectivity index (χ0v) is 15.7. The SMILES string of the molecule is Cc1ccc(OCCC(=O)OCC(=O)NCC(=O)Nc2ccc(F)c(F)c2)cc1. The molecule has 9 heteroatoms. The molecule has 0 aliphatic heterocycles. The molecule has 2 aromatic carbocycles. The number of aryl methyl sites for hydroxylation is 1. The number of hydrogen-bond acceptors (Lipinski definition) is 5. The number of anilines is 1. The van der Waals surface area contributed by atoms with Crippen molar-refractivity contribution in [2.75, 3.05) is 25.1 Å². The molecular weight excluding hydrogens is 386 g/mol. The maximum atomic E-state index is 13.1. The zero-order chi connectivity index (χ0) is 21.2. The lowest BCUT2D eigenvalue weighted by atomic mass is 10.2. The number of esters is 1. The Bertz CT molecular complexity index is 872. The van der Waals surface area contributed by atoms with Crippen molar-refractivity contribution in [3.63, 3.8) is 0 Å². The highest BCUT2D eigenvalue weighted by molar-refractivity contribution is 5.94. The number of ether oxygens (including phenoxy) is 2. The maximum Gasteiger partial charge on any atom is 0.309 e. The fraction of sp³-hybridized carbons (Fsp3) is 0.250. The summed E-state index contributed by atoms with van der Waals surface area (Å²) in [5.41, 5.74) is 1.13. The van der Waals surface area contributed by atoms with Gasteiger partial charge in [0.1, 0.15) is 5.75 Å². The molecule has 0 fully saturated rings. The highest BCUT2D eigenvalue weighted by atomic mass is 19.2. The van der Waals surface area contributed by atoms with Gasteiger partial charge in [0.25, 0.3) is 5.91 Å². The van der Waals surface area contributed by atoms with Crippen molar-refractivity contribution < 1.29 is 32.6 Å². The lowest BCUT2D eigenvalue weighted by Crippen LogP contribution is -2.35. The van der Waals surface area contributed by atoms with E-state index < -0.39 is 42.6 Å². The third-order valence-corrected chi connectivity index (χ3v) is 3.61. The maximum absolute atomic E-state index is 13.1. The Morgan fingerprint density at radius 2 is 1.69 bits per heavy atom. The van der Waals surface area contributed by atoms with Gasteiger partial charge in [0.2, 0.25) is 5.91 Å². The Kier molecular flexibility index (Phi) is 8.08. The van der Waals surface area contributed by atoms with E-state index in [1.807, 2.05) is 19.1 Å². The normalized spacial score (nSPS) is 10.2. The molecule has 0 aromatic heterocycles. The number of halogens is 2. The number of hydrogen-bond donors (Lipinski definition) is 2. The summed E-state index contributed by atoms with van der Waals surface area (Å²) in [5.74, 6) is -3.49. The van der Waals surface area contributed by atoms with Crippen LogP contribution in [0, 0.1) is 18.6 Å². The number of carbonyl (C=O) groups excluding carboxylic acids is 3. The van der Waals surface area contributed by atoms with Crippen LogP contribution in [-0.2, 0) is 19.1 Å². The monoisotopic (exact) mass is 406 g/mol. The van der Waals surface area contributed by atoms with Crippen LogP contribution in [0.1, 0.15) is 12.0 Å². The largest absolute Gasteiger partial charge is 0.493 e. The summed E-state index contributed by atoms with van der Waals surface area (Å²) < 4.78 is 36.1. The average Bonchev–Trinajstić information content (AvgIpc) is 2.69. The molecule has 2 amide bonds. The third kappa shape index (κ3) is 7.96. The Morgan fingerprint density at radius 1 is 0.966 bits per heavy atom. The molecule has 0 heterocycles. The second-order valence-corrected chi connectivity index (χ2v) is 6.03. The van der Waals surface area contributed by atoms with Gasteiger partial charge in [0.15, 0.2) is 18.2 Å². The number of carbonyl (C=O) groups is 3. The van der Waals surface area contributed by atoms with Crippen molar-refractivity contribution in [2.45, 2.75) is 13.3 Å². The Morgan fingerprint density at radius 3 is 2.38 bits per heavy atom. The Labute approximate surface area is 166 Å². The van der Waals surface area contributed by atoms with Gasteiger partial charge < -0.3 is 20.1 Å². The first-order chi connectivity index (χ1) is 13.8. The number of nitrogens with one attached hydrogen (secondary N) is 2. The van der Waals surface area contributed by atoms with Gasteiger partial charge in [-0.1, -0.05) is 17.7 Å². The van der Waals surface area contributed by atoms with E-state index in [0.29, 0.717) is 5.75 Å². The summed E-state index contributed by atoms with van der Waals surface area (Å²) in [4.78, 5) is 34.9. The van der Waals surface area contributed by atoms with E-state index in [4.69, 9.17) is 9.47 Å². The molecule has 29 heavy (non-hydrogen) atoms. The van der Waals surface area contributed by atoms with Gasteiger partial charge in [0, 0.05) is 11.8 Å². The minimum atomic E-state index is -1.11. The number of rotatable bonds is 9. The summed E-state index contributed by atoms with van der Waals surface area (Å²) in [6, 6.07) is 10.2. The molecule has 0 radical (unpaired) electrons. The van der Waals surface area contributed by atoms with Crippen molar-refractivity contribution in [1.82, 2.24) is 5.32 Å². The van der Waals surface area contributed by atoms with E-state index in [1.165, 1.54) is 6.07 Å². The van der Waals surface area contributed by atoms with Crippen LogP contribution >= 0.6 is 0 Å². The van der Waals surface area contributed by atoms with E-state index in [2.05, 4.69) is 10.6 Å². The first-order valence-electron chi connectivity index (χ1n) is 8.70. The molecule has 154 valence electrons. The Hall–Kier alpha value is -3.49. The van der Waals surface area contributed by atoms with Crippen LogP contribution in [0.15, 0.2) is 42.5 Å². The minimum Gasteiger partial charge on any atom is -0.493 e. The van der Waals surface area contributed by atoms with Gasteiger partial charge in [-0.2, -0.15) is 0 Å². The number of amides is 2. The Balaban J connectivity index is 1.60. The van der Waals surface area contributed by atoms with Gasteiger partial charge in [0.05, 0.1) is 19.6 Å². The third-order valence-electron chi connectivity index (χ3n) is 3.61. The van der Waals surface area contributed by atoms with Crippen LogP contribution in [-0.4, -0.2) is 37.5 Å². The van der Waals surface area contributed by atoms with Crippen molar-refractivity contribution in [2.24, 2.45) is 0 Å². The highest BCUT2D eigenvalue weighted by Gasteiger charge is 2.11. The molecule has 0 aliphatic carbocycles. The summed E-state index contributed by atoms with van der Waals surface area (Å²) >= 11 is 0. The molecule has 0 atom stereocenters. The smallest absolute Gasteiger partial charge is 0.309 e. The standard InChI is InChI=1S/C20H20F2N2O5/c1-13-2-5-15(6-3-13)28-9-8-20(27)29-12-19(26)23-11-18(25)24-14-4-7-16(21)17(22)10-14/h2-7,10H,8-9,11-12H2,1H3,(H,23,26)(H,24,25). The van der Waals surface area contributed by atoms with Crippen molar-refractivity contribution >= 4 is 23.5 Å². The van der Waals surface area contributed by atoms with E-state index in [1.54, 1.807) is 12.1 Å². The minimum absolute atomic E-state index is 0.0439. The van der Waals surface area contributed by atoms with Gasteiger partial charge in [-0.05, 0) is 31.2 Å². The topological polar surface area (TPSA) is 93.7 Å². The van der Waals surface area contributed by atoms with Crippen LogP contribution in [0.4, 0.5) is 14.5 Å². The van der Waals surface area contributed by atoms with Crippen LogP contribution in [0.3, 0.4) is 0 Å². The summed E-state index contributed by atoms with van der Waals surface area (Å²) in [5, 5.41) is 4.54. The molecule has 2 aromatic rings. The van der Waals surface area contributed by atoms with E-state index in [0.717, 1.165) is 17.7 Å². The van der Waals surface area contributed by atoms with Gasteiger partial charge in [-0.25, -0.2) is 8.78 Å². The van der Waals surface area contributed by atoms with Crippen molar-refractivity contribution in [3.05, 3.63) is 59.7 Å². The van der Waals surface area contributed by atoms with Crippen LogP contribution < -0.4 is 15.4 Å². The molecule has 2 N–H and O–H groups in total. The van der Waals surface area contributed by atoms with Crippen molar-refractivity contribution in [1.29, 1.82) is 0 Å². The van der Waals surface area contributed by atoms with Gasteiger partial charge in [-0.15, -0.1) is 0 Å². The molecule has 0 saturated carbocycles. The van der Waals surface area contributed by atoms with E-state index >= 15 is 0 Å². The average molecular weight is 406 g/mol. The molecule has 0 aliphatic rings. The molecule has 0 bridgehead atoms. The molecule has 2 rings (SSSR count). The second kappa shape index (κ2) is 10.7. The quantitative estimate of drug-likeness (QED) is 0.624. The highest BCUT2D eigenvalue weighted by Crippen LogP contribution is 2.13. The zero-order valence-electron chi connectivity index (χ0n) is 15.7. The van der Waals surface area contributed by atoms with Gasteiger partial charge in [-0.3, -0.25) is 14.4 Å². The van der Waals surface area contributed by atoms with Gasteiger partial charge >= 0.3 is 5.97 Å². The second-order valence-electron chi connectivity index (χ2n) is 6.03. The molecule has 0 unspecified atom stereocenters. The molecular formula is C20H20F2N2O5. The summed E-state index contributed by atoms with van der Waals surface area (Å²) in [6.45, 7) is 1.06. The fourth-order valence-electron chi connectivity index (χ4n) is 2.11. The lowest BCUT2D eigenvalue weighted by molar-refractivity contribution is -0.149. The summed E-state index contributed by atoms with van der Waals surface area (Å²) in [6.07, 6.45) is -0.0439. The molecule has 0 spiro atoms. The van der Waals surface area contributed by atoms with Crippen LogP contribution in [0.2, 0.25) is 0 Å². The summed E-state index contributed by atoms with van der Waals surface area (Å²) in [7, 11) is 0. The number of benzene rings is 2. The fourth-order valence-corrected chi connectivity index (χ4v) is 2.11. The molecule has 0 saturated heterocycles. The predicted molar refractivity (Wildman–Crippen MR) is 100 cm³/mol. The molecule has 7 nitrogen and oxygen atoms in total. The van der Waals surface area contributed by atoms with E-state index in [9.17, 15) is 23.2 Å². The van der Waals surface area contributed by atoms with Crippen molar-refractivity contribution in [3.8, 4) is 5.75 Å². The first-order valence-corrected chi connectivity index (χ1v) is 8.70. The first kappa shape index (κ1) is 21.8. The van der Waals surface area contributed by atoms with Crippen LogP contribution in [0.25, 0.3) is 0 Å². The predicted octanol–water partition coefficient (Wildman–Crippen LogP) is 2.34. The van der Waals surface area contributed by atoms with E-state index in [-0.39, 0.29) is 18.7 Å². The lowest BCUT2D eigenvalue weighted by Gasteiger charge is -2.09.